The molecule has 0 N–H and O–H groups in total. The molecule has 0 radical (unpaired) electrons. The van der Waals surface area contributed by atoms with E-state index in [2.05, 4.69) is 15.1 Å². The van der Waals surface area contributed by atoms with E-state index in [1.807, 2.05) is 53.9 Å². The average Bonchev–Trinajstić information content (AvgIpc) is 3.60. The van der Waals surface area contributed by atoms with Crippen molar-refractivity contribution in [2.75, 3.05) is 7.11 Å². The van der Waals surface area contributed by atoms with Crippen LogP contribution in [0.1, 0.15) is 5.69 Å². The number of methoxy groups -OCH3 is 1. The zero-order valence-electron chi connectivity index (χ0n) is 17.5. The molecule has 0 aliphatic heterocycles. The quantitative estimate of drug-likeness (QED) is 0.339. The number of thiazole rings is 1. The van der Waals surface area contributed by atoms with Crippen molar-refractivity contribution in [2.45, 2.75) is 6.61 Å². The molecule has 0 spiro atoms. The highest BCUT2D eigenvalue weighted by atomic mass is 32.1. The Morgan fingerprint density at radius 2 is 1.97 bits per heavy atom. The number of hydrogen-bond donors (Lipinski definition) is 0. The van der Waals surface area contributed by atoms with Crippen LogP contribution in [0.3, 0.4) is 0 Å². The third-order valence-corrected chi connectivity index (χ3v) is 6.07. The fourth-order valence-corrected chi connectivity index (χ4v) is 4.35. The maximum Gasteiger partial charge on any atom is 0.251 e. The molecular formula is C24H17N5O3S. The fraction of sp³-hybridized carbons (Fsp3) is 0.0833. The first-order valence-electron chi connectivity index (χ1n) is 10.2. The maximum absolute atomic E-state index is 6.16. The van der Waals surface area contributed by atoms with Crippen molar-refractivity contribution in [3.8, 4) is 33.5 Å². The summed E-state index contributed by atoms with van der Waals surface area (Å²) in [5.74, 6) is 2.38. The molecule has 2 aromatic carbocycles. The first-order chi connectivity index (χ1) is 16.3. The highest BCUT2D eigenvalue weighted by Crippen LogP contribution is 2.37. The van der Waals surface area contributed by atoms with Crippen molar-refractivity contribution in [1.82, 2.24) is 24.6 Å². The predicted octanol–water partition coefficient (Wildman–Crippen LogP) is 5.25. The first-order valence-corrected chi connectivity index (χ1v) is 11.1. The number of benzene rings is 2. The van der Waals surface area contributed by atoms with Gasteiger partial charge >= 0.3 is 0 Å². The minimum absolute atomic E-state index is 0.328. The predicted molar refractivity (Wildman–Crippen MR) is 124 cm³/mol. The van der Waals surface area contributed by atoms with Gasteiger partial charge in [-0.2, -0.15) is 5.10 Å². The van der Waals surface area contributed by atoms with Crippen LogP contribution < -0.4 is 9.47 Å². The second-order valence-corrected chi connectivity index (χ2v) is 8.12. The number of aromatic nitrogens is 5. The van der Waals surface area contributed by atoms with E-state index in [1.165, 1.54) is 0 Å². The molecule has 0 atom stereocenters. The monoisotopic (exact) mass is 455 g/mol. The molecule has 0 bridgehead atoms. The molecule has 0 unspecified atom stereocenters. The number of imidazole rings is 1. The Bertz CT molecular complexity index is 1540. The summed E-state index contributed by atoms with van der Waals surface area (Å²) in [6.45, 7) is 0.328. The summed E-state index contributed by atoms with van der Waals surface area (Å²) < 4.78 is 19.3. The number of fused-ring (bicyclic) bond motifs is 2. The lowest BCUT2D eigenvalue weighted by Crippen LogP contribution is -1.96. The third-order valence-electron chi connectivity index (χ3n) is 5.13. The minimum Gasteiger partial charge on any atom is -0.496 e. The molecule has 0 aliphatic carbocycles. The van der Waals surface area contributed by atoms with Crippen molar-refractivity contribution in [1.29, 1.82) is 0 Å². The normalized spacial score (nSPS) is 11.3. The zero-order chi connectivity index (χ0) is 22.2. The smallest absolute Gasteiger partial charge is 0.251 e. The third kappa shape index (κ3) is 3.68. The van der Waals surface area contributed by atoms with Gasteiger partial charge in [-0.15, -0.1) is 11.3 Å². The van der Waals surface area contributed by atoms with E-state index < -0.39 is 0 Å². The Morgan fingerprint density at radius 1 is 1.06 bits per heavy atom. The van der Waals surface area contributed by atoms with Gasteiger partial charge in [0.1, 0.15) is 34.4 Å². The van der Waals surface area contributed by atoms with E-state index in [0.29, 0.717) is 40.9 Å². The van der Waals surface area contributed by atoms with Crippen LogP contribution in [-0.2, 0) is 6.61 Å². The molecule has 4 aromatic heterocycles. The van der Waals surface area contributed by atoms with Crippen LogP contribution in [-0.4, -0.2) is 31.7 Å². The van der Waals surface area contributed by atoms with Gasteiger partial charge in [0.25, 0.3) is 5.78 Å². The van der Waals surface area contributed by atoms with Crippen molar-refractivity contribution >= 4 is 28.1 Å². The standard InChI is InChI=1S/C24H17N5O3S/c1-30-17-9-20(31-13-16-14-33-23(27-16)15-5-3-2-4-6-15)18-11-22(32-21(18)10-17)19-12-29-24(28-19)25-7-8-26-29/h2-12,14H,13H2,1H3. The van der Waals surface area contributed by atoms with Crippen molar-refractivity contribution < 1.29 is 13.9 Å². The van der Waals surface area contributed by atoms with E-state index in [-0.39, 0.29) is 0 Å². The van der Waals surface area contributed by atoms with Crippen LogP contribution in [0.5, 0.6) is 11.5 Å². The molecule has 9 heteroatoms. The Kier molecular flexibility index (Phi) is 4.73. The minimum atomic E-state index is 0.328. The summed E-state index contributed by atoms with van der Waals surface area (Å²) in [7, 11) is 1.61. The summed E-state index contributed by atoms with van der Waals surface area (Å²) in [5, 5.41) is 8.01. The fourth-order valence-electron chi connectivity index (χ4n) is 3.54. The Hall–Kier alpha value is -4.24. The number of ether oxygens (including phenoxy) is 2. The van der Waals surface area contributed by atoms with Crippen LogP contribution in [0.15, 0.2) is 76.9 Å². The van der Waals surface area contributed by atoms with Gasteiger partial charge in [0.05, 0.1) is 36.8 Å². The number of nitrogens with zero attached hydrogens (tertiary/aromatic N) is 5. The van der Waals surface area contributed by atoms with E-state index >= 15 is 0 Å². The molecule has 0 saturated carbocycles. The Morgan fingerprint density at radius 3 is 2.82 bits per heavy atom. The second-order valence-electron chi connectivity index (χ2n) is 7.26. The lowest BCUT2D eigenvalue weighted by molar-refractivity contribution is 0.303. The van der Waals surface area contributed by atoms with Gasteiger partial charge in [-0.05, 0) is 6.07 Å². The summed E-state index contributed by atoms with van der Waals surface area (Å²) in [5.41, 5.74) is 3.22. The molecule has 0 aliphatic rings. The summed E-state index contributed by atoms with van der Waals surface area (Å²) >= 11 is 1.60. The van der Waals surface area contributed by atoms with Crippen molar-refractivity contribution in [2.24, 2.45) is 0 Å². The van der Waals surface area contributed by atoms with Gasteiger partial charge in [-0.1, -0.05) is 30.3 Å². The van der Waals surface area contributed by atoms with Crippen LogP contribution in [0, 0.1) is 0 Å². The molecule has 4 heterocycles. The highest BCUT2D eigenvalue weighted by molar-refractivity contribution is 7.13. The molecule has 33 heavy (non-hydrogen) atoms. The molecule has 6 rings (SSSR count). The number of rotatable bonds is 6. The highest BCUT2D eigenvalue weighted by Gasteiger charge is 2.16. The summed E-state index contributed by atoms with van der Waals surface area (Å²) in [6.07, 6.45) is 4.98. The Labute approximate surface area is 192 Å². The number of hydrogen-bond acceptors (Lipinski definition) is 8. The summed E-state index contributed by atoms with van der Waals surface area (Å²) in [6, 6.07) is 15.7. The maximum atomic E-state index is 6.16. The van der Waals surface area contributed by atoms with Gasteiger partial charge in [0, 0.05) is 23.1 Å². The second kappa shape index (κ2) is 8.03. The van der Waals surface area contributed by atoms with Crippen molar-refractivity contribution in [3.05, 3.63) is 78.2 Å². The molecule has 0 amide bonds. The topological polar surface area (TPSA) is 87.6 Å². The molecule has 0 fully saturated rings. The van der Waals surface area contributed by atoms with E-state index in [4.69, 9.17) is 18.9 Å². The van der Waals surface area contributed by atoms with Crippen LogP contribution in [0.2, 0.25) is 0 Å². The van der Waals surface area contributed by atoms with E-state index in [1.54, 1.807) is 41.6 Å². The number of furan rings is 1. The van der Waals surface area contributed by atoms with Crippen LogP contribution in [0.25, 0.3) is 38.8 Å². The van der Waals surface area contributed by atoms with Gasteiger partial charge in [0.15, 0.2) is 5.76 Å². The summed E-state index contributed by atoms with van der Waals surface area (Å²) in [4.78, 5) is 13.4. The van der Waals surface area contributed by atoms with Gasteiger partial charge in [-0.3, -0.25) is 0 Å². The van der Waals surface area contributed by atoms with E-state index in [0.717, 1.165) is 21.7 Å². The van der Waals surface area contributed by atoms with Gasteiger partial charge < -0.3 is 13.9 Å². The largest absolute Gasteiger partial charge is 0.496 e. The van der Waals surface area contributed by atoms with Crippen molar-refractivity contribution in [3.63, 3.8) is 0 Å². The van der Waals surface area contributed by atoms with Gasteiger partial charge in [-0.25, -0.2) is 19.5 Å². The SMILES string of the molecule is COc1cc(OCc2csc(-c3ccccc3)n2)c2cc(-c3cn4nccnc4n3)oc2c1. The Balaban J connectivity index is 1.32. The lowest BCUT2D eigenvalue weighted by Gasteiger charge is -2.07. The van der Waals surface area contributed by atoms with Crippen LogP contribution in [0.4, 0.5) is 0 Å². The average molecular weight is 455 g/mol. The molecule has 6 aromatic rings. The van der Waals surface area contributed by atoms with Gasteiger partial charge in [0.2, 0.25) is 0 Å². The zero-order valence-corrected chi connectivity index (χ0v) is 18.3. The molecule has 8 nitrogen and oxygen atoms in total. The molecule has 0 saturated heterocycles. The first kappa shape index (κ1) is 19.4. The van der Waals surface area contributed by atoms with E-state index in [9.17, 15) is 0 Å². The molecular weight excluding hydrogens is 438 g/mol. The van der Waals surface area contributed by atoms with Crippen LogP contribution >= 0.6 is 11.3 Å². The molecule has 162 valence electrons. The lowest BCUT2D eigenvalue weighted by atomic mass is 10.2.